The third-order valence-corrected chi connectivity index (χ3v) is 4.21. The van der Waals surface area contributed by atoms with Crippen LogP contribution in [-0.2, 0) is 9.53 Å². The first kappa shape index (κ1) is 15.7. The molecule has 122 valence electrons. The summed E-state index contributed by atoms with van der Waals surface area (Å²) in [5, 5.41) is 2.84. The van der Waals surface area contributed by atoms with Crippen molar-refractivity contribution in [3.63, 3.8) is 0 Å². The first-order valence-corrected chi connectivity index (χ1v) is 8.00. The van der Waals surface area contributed by atoms with Crippen LogP contribution in [-0.4, -0.2) is 48.4 Å². The van der Waals surface area contributed by atoms with Crippen molar-refractivity contribution in [1.82, 2.24) is 10.2 Å². The fraction of sp³-hybridized carbons (Fsp3) is 0.471. The molecular formula is C17H20N2O4. The fourth-order valence-electron chi connectivity index (χ4n) is 2.96. The zero-order valence-corrected chi connectivity index (χ0v) is 12.9. The summed E-state index contributed by atoms with van der Waals surface area (Å²) in [5.74, 6) is -0.618. The zero-order valence-electron chi connectivity index (χ0n) is 12.9. The summed E-state index contributed by atoms with van der Waals surface area (Å²) in [6.45, 7) is 1.56. The predicted molar refractivity (Wildman–Crippen MR) is 83.0 cm³/mol. The molecule has 1 atom stereocenters. The number of ether oxygens (including phenoxy) is 1. The fourth-order valence-corrected chi connectivity index (χ4v) is 2.96. The quantitative estimate of drug-likeness (QED) is 0.804. The second kappa shape index (κ2) is 6.91. The molecule has 0 aromatic heterocycles. The van der Waals surface area contributed by atoms with E-state index in [9.17, 15) is 14.4 Å². The van der Waals surface area contributed by atoms with Gasteiger partial charge in [0.2, 0.25) is 5.91 Å². The molecule has 2 aliphatic heterocycles. The van der Waals surface area contributed by atoms with Gasteiger partial charge in [-0.05, 0) is 31.4 Å². The summed E-state index contributed by atoms with van der Waals surface area (Å²) < 4.78 is 5.44. The van der Waals surface area contributed by atoms with E-state index < -0.39 is 0 Å². The van der Waals surface area contributed by atoms with Gasteiger partial charge in [0.05, 0.1) is 17.2 Å². The van der Waals surface area contributed by atoms with Crippen LogP contribution in [0.5, 0.6) is 0 Å². The summed E-state index contributed by atoms with van der Waals surface area (Å²) in [6.07, 6.45) is 2.90. The average Bonchev–Trinajstić information content (AvgIpc) is 3.16. The lowest BCUT2D eigenvalue weighted by atomic mass is 10.1. The average molecular weight is 316 g/mol. The van der Waals surface area contributed by atoms with Gasteiger partial charge < -0.3 is 10.1 Å². The number of nitrogens with one attached hydrogen (secondary N) is 1. The highest BCUT2D eigenvalue weighted by Crippen LogP contribution is 2.22. The van der Waals surface area contributed by atoms with Gasteiger partial charge in [-0.15, -0.1) is 0 Å². The minimum atomic E-state index is -0.273. The Bertz CT molecular complexity index is 588. The highest BCUT2D eigenvalue weighted by Gasteiger charge is 2.34. The van der Waals surface area contributed by atoms with Crippen LogP contribution in [0.15, 0.2) is 24.3 Å². The normalized spacial score (nSPS) is 20.0. The highest BCUT2D eigenvalue weighted by molar-refractivity contribution is 6.21. The van der Waals surface area contributed by atoms with Crippen molar-refractivity contribution in [3.8, 4) is 0 Å². The van der Waals surface area contributed by atoms with E-state index in [0.717, 1.165) is 19.4 Å². The van der Waals surface area contributed by atoms with E-state index in [0.29, 0.717) is 30.5 Å². The molecule has 0 unspecified atom stereocenters. The number of hydrogen-bond acceptors (Lipinski definition) is 4. The summed E-state index contributed by atoms with van der Waals surface area (Å²) >= 11 is 0. The largest absolute Gasteiger partial charge is 0.376 e. The lowest BCUT2D eigenvalue weighted by Gasteiger charge is -2.14. The third-order valence-electron chi connectivity index (χ3n) is 4.21. The second-order valence-corrected chi connectivity index (χ2v) is 5.85. The molecule has 1 N–H and O–H groups in total. The van der Waals surface area contributed by atoms with Crippen molar-refractivity contribution in [3.05, 3.63) is 35.4 Å². The van der Waals surface area contributed by atoms with Gasteiger partial charge in [-0.3, -0.25) is 19.3 Å². The van der Waals surface area contributed by atoms with Gasteiger partial charge in [0, 0.05) is 26.1 Å². The Labute approximate surface area is 134 Å². The van der Waals surface area contributed by atoms with Gasteiger partial charge in [0.15, 0.2) is 0 Å². The summed E-state index contributed by atoms with van der Waals surface area (Å²) in [4.78, 5) is 37.4. The monoisotopic (exact) mass is 316 g/mol. The molecule has 2 heterocycles. The molecule has 0 spiro atoms. The standard InChI is InChI=1S/C17H20N2O4/c20-15(18-11-12-5-4-10-23-12)8-3-9-19-16(21)13-6-1-2-7-14(13)17(19)22/h1-2,6-7,12H,3-5,8-11H2,(H,18,20)/t12-/m0/s1. The van der Waals surface area contributed by atoms with Crippen LogP contribution in [0.2, 0.25) is 0 Å². The van der Waals surface area contributed by atoms with Crippen LogP contribution in [0.25, 0.3) is 0 Å². The van der Waals surface area contributed by atoms with Crippen molar-refractivity contribution < 1.29 is 19.1 Å². The Morgan fingerprint density at radius 2 is 1.91 bits per heavy atom. The van der Waals surface area contributed by atoms with Crippen molar-refractivity contribution >= 4 is 17.7 Å². The van der Waals surface area contributed by atoms with E-state index in [1.165, 1.54) is 4.90 Å². The lowest BCUT2D eigenvalue weighted by Crippen LogP contribution is -2.34. The molecule has 3 rings (SSSR count). The Morgan fingerprint density at radius 3 is 2.52 bits per heavy atom. The maximum Gasteiger partial charge on any atom is 0.261 e. The minimum Gasteiger partial charge on any atom is -0.376 e. The molecule has 0 bridgehead atoms. The van der Waals surface area contributed by atoms with Crippen molar-refractivity contribution in [2.45, 2.75) is 31.8 Å². The van der Waals surface area contributed by atoms with Crippen LogP contribution in [0.3, 0.4) is 0 Å². The maximum absolute atomic E-state index is 12.2. The Kier molecular flexibility index (Phi) is 4.71. The summed E-state index contributed by atoms with van der Waals surface area (Å²) in [5.41, 5.74) is 0.890. The Morgan fingerprint density at radius 1 is 1.22 bits per heavy atom. The van der Waals surface area contributed by atoms with Gasteiger partial charge in [-0.2, -0.15) is 0 Å². The van der Waals surface area contributed by atoms with Gasteiger partial charge in [-0.1, -0.05) is 12.1 Å². The number of imide groups is 1. The third kappa shape index (κ3) is 3.42. The van der Waals surface area contributed by atoms with E-state index in [1.54, 1.807) is 24.3 Å². The smallest absolute Gasteiger partial charge is 0.261 e. The van der Waals surface area contributed by atoms with Crippen LogP contribution in [0.1, 0.15) is 46.4 Å². The van der Waals surface area contributed by atoms with E-state index >= 15 is 0 Å². The van der Waals surface area contributed by atoms with Crippen molar-refractivity contribution in [2.24, 2.45) is 0 Å². The molecule has 2 aliphatic rings. The van der Waals surface area contributed by atoms with E-state index in [2.05, 4.69) is 5.32 Å². The van der Waals surface area contributed by atoms with Gasteiger partial charge >= 0.3 is 0 Å². The van der Waals surface area contributed by atoms with E-state index in [-0.39, 0.29) is 30.4 Å². The Balaban J connectivity index is 1.43. The topological polar surface area (TPSA) is 75.7 Å². The molecule has 0 aliphatic carbocycles. The molecule has 0 radical (unpaired) electrons. The molecule has 23 heavy (non-hydrogen) atoms. The van der Waals surface area contributed by atoms with Crippen molar-refractivity contribution in [2.75, 3.05) is 19.7 Å². The number of rotatable bonds is 6. The second-order valence-electron chi connectivity index (χ2n) is 5.85. The van der Waals surface area contributed by atoms with Gasteiger partial charge in [0.25, 0.3) is 11.8 Å². The first-order valence-electron chi connectivity index (χ1n) is 8.00. The van der Waals surface area contributed by atoms with Crippen molar-refractivity contribution in [1.29, 1.82) is 0 Å². The van der Waals surface area contributed by atoms with Gasteiger partial charge in [0.1, 0.15) is 0 Å². The molecule has 1 fully saturated rings. The number of benzene rings is 1. The molecule has 1 aromatic rings. The molecule has 6 nitrogen and oxygen atoms in total. The molecular weight excluding hydrogens is 296 g/mol. The number of carbonyl (C=O) groups excluding carboxylic acids is 3. The van der Waals surface area contributed by atoms with Crippen LogP contribution < -0.4 is 5.32 Å². The number of hydrogen-bond donors (Lipinski definition) is 1. The molecule has 6 heteroatoms. The van der Waals surface area contributed by atoms with E-state index in [4.69, 9.17) is 4.74 Å². The molecule has 1 saturated heterocycles. The molecule has 3 amide bonds. The zero-order chi connectivity index (χ0) is 16.2. The SMILES string of the molecule is O=C(CCCN1C(=O)c2ccccc2C1=O)NC[C@@H]1CCCO1. The van der Waals surface area contributed by atoms with Gasteiger partial charge in [-0.25, -0.2) is 0 Å². The minimum absolute atomic E-state index is 0.0721. The van der Waals surface area contributed by atoms with E-state index in [1.807, 2.05) is 0 Å². The van der Waals surface area contributed by atoms with Crippen LogP contribution in [0.4, 0.5) is 0 Å². The van der Waals surface area contributed by atoms with Crippen LogP contribution in [0, 0.1) is 0 Å². The molecule has 0 saturated carbocycles. The maximum atomic E-state index is 12.2. The number of nitrogens with zero attached hydrogens (tertiary/aromatic N) is 1. The van der Waals surface area contributed by atoms with Crippen LogP contribution >= 0.6 is 0 Å². The number of carbonyl (C=O) groups is 3. The lowest BCUT2D eigenvalue weighted by molar-refractivity contribution is -0.121. The first-order chi connectivity index (χ1) is 11.2. The number of amides is 3. The Hall–Kier alpha value is -2.21. The molecule has 1 aromatic carbocycles. The predicted octanol–water partition coefficient (Wildman–Crippen LogP) is 1.36. The number of fused-ring (bicyclic) bond motifs is 1. The highest BCUT2D eigenvalue weighted by atomic mass is 16.5. The summed E-state index contributed by atoms with van der Waals surface area (Å²) in [7, 11) is 0. The summed E-state index contributed by atoms with van der Waals surface area (Å²) in [6, 6.07) is 6.80.